The molecule has 1 N–H and O–H groups in total. The van der Waals surface area contributed by atoms with Crippen molar-refractivity contribution in [1.82, 2.24) is 5.32 Å². The number of carbonyl (C=O) groups is 1. The third kappa shape index (κ3) is 2.67. The summed E-state index contributed by atoms with van der Waals surface area (Å²) in [6.07, 6.45) is 2.83. The van der Waals surface area contributed by atoms with Crippen molar-refractivity contribution in [3.05, 3.63) is 35.4 Å². The van der Waals surface area contributed by atoms with Gasteiger partial charge in [-0.05, 0) is 25.5 Å². The highest BCUT2D eigenvalue weighted by atomic mass is 16.5. The highest BCUT2D eigenvalue weighted by Gasteiger charge is 2.17. The zero-order chi connectivity index (χ0) is 12.3. The normalized spacial score (nSPS) is 15.3. The van der Waals surface area contributed by atoms with Crippen LogP contribution in [0.25, 0.3) is 6.08 Å². The van der Waals surface area contributed by atoms with E-state index in [2.05, 4.69) is 5.32 Å². The maximum absolute atomic E-state index is 11.9. The maximum Gasteiger partial charge on any atom is 0.250 e. The Kier molecular flexibility index (Phi) is 3.47. The molecule has 1 heterocycles. The van der Waals surface area contributed by atoms with Crippen LogP contribution in [0, 0.1) is 0 Å². The van der Waals surface area contributed by atoms with E-state index in [1.54, 1.807) is 0 Å². The van der Waals surface area contributed by atoms with Gasteiger partial charge in [0.2, 0.25) is 0 Å². The number of carbonyl (C=O) groups excluding carboxylic acids is 1. The number of rotatable bonds is 3. The van der Waals surface area contributed by atoms with Crippen molar-refractivity contribution in [2.75, 3.05) is 6.61 Å². The molecule has 1 unspecified atom stereocenters. The van der Waals surface area contributed by atoms with Crippen LogP contribution in [0.5, 0.6) is 5.75 Å². The van der Waals surface area contributed by atoms with Gasteiger partial charge in [0.25, 0.3) is 5.91 Å². The number of nitrogens with one attached hydrogen (secondary N) is 1. The minimum Gasteiger partial charge on any atom is -0.488 e. The van der Waals surface area contributed by atoms with Crippen molar-refractivity contribution in [1.29, 1.82) is 0 Å². The van der Waals surface area contributed by atoms with E-state index in [0.29, 0.717) is 12.2 Å². The Balaban J connectivity index is 2.14. The number of fused-ring (bicyclic) bond motifs is 1. The quantitative estimate of drug-likeness (QED) is 0.867. The van der Waals surface area contributed by atoms with Crippen molar-refractivity contribution in [2.24, 2.45) is 0 Å². The molecule has 0 aromatic heterocycles. The largest absolute Gasteiger partial charge is 0.488 e. The van der Waals surface area contributed by atoms with Crippen LogP contribution in [0.4, 0.5) is 0 Å². The number of hydrogen-bond donors (Lipinski definition) is 1. The first-order chi connectivity index (χ1) is 8.20. The molecule has 0 bridgehead atoms. The first-order valence-electron chi connectivity index (χ1n) is 5.94. The Morgan fingerprint density at radius 1 is 1.47 bits per heavy atom. The van der Waals surface area contributed by atoms with E-state index in [-0.39, 0.29) is 11.9 Å². The Hall–Kier alpha value is -1.77. The Bertz CT molecular complexity index is 451. The average Bonchev–Trinajstić information content (AvgIpc) is 2.38. The van der Waals surface area contributed by atoms with Crippen LogP contribution in [0.15, 0.2) is 29.8 Å². The minimum absolute atomic E-state index is 0.0335. The summed E-state index contributed by atoms with van der Waals surface area (Å²) >= 11 is 0. The highest BCUT2D eigenvalue weighted by molar-refractivity contribution is 5.99. The molecular formula is C14H17NO2. The van der Waals surface area contributed by atoms with E-state index in [0.717, 1.165) is 17.7 Å². The SMILES string of the molecule is CCC(C)NC(=O)C1=Cc2ccccc2OC1. The lowest BCUT2D eigenvalue weighted by molar-refractivity contribution is -0.118. The summed E-state index contributed by atoms with van der Waals surface area (Å²) in [6, 6.07) is 7.92. The second-order valence-electron chi connectivity index (χ2n) is 4.28. The first kappa shape index (κ1) is 11.7. The molecule has 1 aliphatic rings. The zero-order valence-electron chi connectivity index (χ0n) is 10.2. The Morgan fingerprint density at radius 3 is 3.00 bits per heavy atom. The molecule has 1 atom stereocenters. The minimum atomic E-state index is -0.0335. The molecule has 1 amide bonds. The summed E-state index contributed by atoms with van der Waals surface area (Å²) in [5.41, 5.74) is 1.65. The van der Waals surface area contributed by atoms with E-state index in [9.17, 15) is 4.79 Å². The van der Waals surface area contributed by atoms with Gasteiger partial charge < -0.3 is 10.1 Å². The maximum atomic E-state index is 11.9. The van der Waals surface area contributed by atoms with Gasteiger partial charge in [-0.1, -0.05) is 25.1 Å². The molecule has 1 aromatic carbocycles. The van der Waals surface area contributed by atoms with E-state index in [1.165, 1.54) is 0 Å². The molecule has 0 radical (unpaired) electrons. The summed E-state index contributed by atoms with van der Waals surface area (Å²) < 4.78 is 5.54. The van der Waals surface area contributed by atoms with Crippen molar-refractivity contribution in [3.8, 4) is 5.75 Å². The van der Waals surface area contributed by atoms with E-state index in [4.69, 9.17) is 4.74 Å². The molecule has 0 aliphatic carbocycles. The fourth-order valence-corrected chi connectivity index (χ4v) is 1.67. The number of amides is 1. The predicted octanol–water partition coefficient (Wildman–Crippen LogP) is 2.38. The summed E-state index contributed by atoms with van der Waals surface area (Å²) in [7, 11) is 0. The van der Waals surface area contributed by atoms with Crippen LogP contribution in [0.1, 0.15) is 25.8 Å². The molecular weight excluding hydrogens is 214 g/mol. The second-order valence-corrected chi connectivity index (χ2v) is 4.28. The van der Waals surface area contributed by atoms with Crippen LogP contribution in [-0.4, -0.2) is 18.6 Å². The third-order valence-electron chi connectivity index (χ3n) is 2.91. The van der Waals surface area contributed by atoms with Crippen LogP contribution in [0.3, 0.4) is 0 Å². The molecule has 1 aromatic rings. The van der Waals surface area contributed by atoms with Gasteiger partial charge in [0, 0.05) is 11.6 Å². The van der Waals surface area contributed by atoms with Gasteiger partial charge in [0.15, 0.2) is 0 Å². The van der Waals surface area contributed by atoms with Crippen LogP contribution in [-0.2, 0) is 4.79 Å². The van der Waals surface area contributed by atoms with Crippen LogP contribution >= 0.6 is 0 Å². The fourth-order valence-electron chi connectivity index (χ4n) is 1.67. The molecule has 0 saturated carbocycles. The van der Waals surface area contributed by atoms with Crippen molar-refractivity contribution in [3.63, 3.8) is 0 Å². The number of hydrogen-bond acceptors (Lipinski definition) is 2. The topological polar surface area (TPSA) is 38.3 Å². The van der Waals surface area contributed by atoms with Gasteiger partial charge in [0.1, 0.15) is 12.4 Å². The van der Waals surface area contributed by atoms with Crippen molar-refractivity contribution >= 4 is 12.0 Å². The van der Waals surface area contributed by atoms with Crippen LogP contribution in [0.2, 0.25) is 0 Å². The van der Waals surface area contributed by atoms with E-state index < -0.39 is 0 Å². The standard InChI is InChI=1S/C14H17NO2/c1-3-10(2)15-14(16)12-8-11-6-4-5-7-13(11)17-9-12/h4-8,10H,3,9H2,1-2H3,(H,15,16). The fraction of sp³-hybridized carbons (Fsp3) is 0.357. The molecule has 0 fully saturated rings. The van der Waals surface area contributed by atoms with Crippen molar-refractivity contribution in [2.45, 2.75) is 26.3 Å². The molecule has 1 aliphatic heterocycles. The van der Waals surface area contributed by atoms with E-state index >= 15 is 0 Å². The first-order valence-corrected chi connectivity index (χ1v) is 5.94. The third-order valence-corrected chi connectivity index (χ3v) is 2.91. The molecule has 2 rings (SSSR count). The lowest BCUT2D eigenvalue weighted by atomic mass is 10.1. The molecule has 17 heavy (non-hydrogen) atoms. The summed E-state index contributed by atoms with van der Waals surface area (Å²) in [5.74, 6) is 0.807. The number of para-hydroxylation sites is 1. The summed E-state index contributed by atoms with van der Waals surface area (Å²) in [6.45, 7) is 4.39. The number of ether oxygens (including phenoxy) is 1. The Labute approximate surface area is 101 Å². The highest BCUT2D eigenvalue weighted by Crippen LogP contribution is 2.25. The molecule has 90 valence electrons. The summed E-state index contributed by atoms with van der Waals surface area (Å²) in [5, 5.41) is 2.94. The average molecular weight is 231 g/mol. The molecule has 3 heteroatoms. The predicted molar refractivity (Wildman–Crippen MR) is 67.8 cm³/mol. The zero-order valence-corrected chi connectivity index (χ0v) is 10.2. The van der Waals surface area contributed by atoms with Gasteiger partial charge in [-0.25, -0.2) is 0 Å². The van der Waals surface area contributed by atoms with E-state index in [1.807, 2.05) is 44.2 Å². The second kappa shape index (κ2) is 5.04. The lowest BCUT2D eigenvalue weighted by Crippen LogP contribution is -2.35. The van der Waals surface area contributed by atoms with Crippen molar-refractivity contribution < 1.29 is 9.53 Å². The van der Waals surface area contributed by atoms with Crippen LogP contribution < -0.4 is 10.1 Å². The van der Waals surface area contributed by atoms with Gasteiger partial charge in [0.05, 0.1) is 5.57 Å². The lowest BCUT2D eigenvalue weighted by Gasteiger charge is -2.19. The Morgan fingerprint density at radius 2 is 2.24 bits per heavy atom. The van der Waals surface area contributed by atoms with Gasteiger partial charge >= 0.3 is 0 Å². The van der Waals surface area contributed by atoms with Gasteiger partial charge in [-0.2, -0.15) is 0 Å². The molecule has 0 spiro atoms. The van der Waals surface area contributed by atoms with Gasteiger partial charge in [-0.3, -0.25) is 4.79 Å². The van der Waals surface area contributed by atoms with Gasteiger partial charge in [-0.15, -0.1) is 0 Å². The monoisotopic (exact) mass is 231 g/mol. The molecule has 0 saturated heterocycles. The summed E-state index contributed by atoms with van der Waals surface area (Å²) in [4.78, 5) is 11.9. The molecule has 3 nitrogen and oxygen atoms in total. The number of benzene rings is 1. The smallest absolute Gasteiger partial charge is 0.250 e.